The maximum absolute atomic E-state index is 13.7. The van der Waals surface area contributed by atoms with Crippen molar-refractivity contribution in [2.75, 3.05) is 13.7 Å². The number of methoxy groups -OCH3 is 1. The van der Waals surface area contributed by atoms with Crippen molar-refractivity contribution in [2.24, 2.45) is 11.7 Å². The van der Waals surface area contributed by atoms with Crippen LogP contribution in [0, 0.1) is 11.7 Å². The Hall–Kier alpha value is -2.11. The molecule has 1 fully saturated rings. The van der Waals surface area contributed by atoms with Crippen LogP contribution in [0.5, 0.6) is 5.75 Å². The summed E-state index contributed by atoms with van der Waals surface area (Å²) in [6, 6.07) is 4.53. The average molecular weight is 308 g/mol. The van der Waals surface area contributed by atoms with E-state index in [9.17, 15) is 14.0 Å². The van der Waals surface area contributed by atoms with Gasteiger partial charge in [-0.2, -0.15) is 0 Å². The minimum atomic E-state index is -0.491. The van der Waals surface area contributed by atoms with Gasteiger partial charge in [0.2, 0.25) is 11.8 Å². The summed E-state index contributed by atoms with van der Waals surface area (Å²) in [6.45, 7) is 2.29. The van der Waals surface area contributed by atoms with Gasteiger partial charge >= 0.3 is 0 Å². The normalized spacial score (nSPS) is 21.5. The standard InChI is InChI=1S/C16H21FN2O3/c1-10-3-5-12(16(18)21)9-19(10)15(20)8-11-4-6-14(22-2)13(17)7-11/h4,6-7,10,12H,3,5,8-9H2,1-2H3,(H2,18,21)/t10-,12-/m0/s1. The Balaban J connectivity index is 2.07. The van der Waals surface area contributed by atoms with E-state index in [-0.39, 0.29) is 35.9 Å². The zero-order valence-corrected chi connectivity index (χ0v) is 12.8. The Kier molecular flexibility index (Phi) is 5.00. The van der Waals surface area contributed by atoms with Crippen molar-refractivity contribution in [2.45, 2.75) is 32.2 Å². The number of nitrogens with zero attached hydrogens (tertiary/aromatic N) is 1. The first kappa shape index (κ1) is 16.3. The molecule has 2 atom stereocenters. The molecule has 1 heterocycles. The number of amides is 2. The number of benzene rings is 1. The van der Waals surface area contributed by atoms with Gasteiger partial charge in [-0.15, -0.1) is 0 Å². The van der Waals surface area contributed by atoms with Crippen LogP contribution in [0.1, 0.15) is 25.3 Å². The van der Waals surface area contributed by atoms with Crippen molar-refractivity contribution in [1.82, 2.24) is 4.90 Å². The molecule has 5 nitrogen and oxygen atoms in total. The van der Waals surface area contributed by atoms with Gasteiger partial charge in [0.05, 0.1) is 19.4 Å². The predicted molar refractivity (Wildman–Crippen MR) is 79.7 cm³/mol. The molecule has 0 radical (unpaired) electrons. The highest BCUT2D eigenvalue weighted by atomic mass is 19.1. The molecule has 2 N–H and O–H groups in total. The minimum absolute atomic E-state index is 0.0613. The fourth-order valence-corrected chi connectivity index (χ4v) is 2.78. The quantitative estimate of drug-likeness (QED) is 0.916. The lowest BCUT2D eigenvalue weighted by Crippen LogP contribution is -2.49. The number of halogens is 1. The van der Waals surface area contributed by atoms with Gasteiger partial charge in [0.25, 0.3) is 0 Å². The number of hydrogen-bond donors (Lipinski definition) is 1. The molecule has 120 valence electrons. The van der Waals surface area contributed by atoms with E-state index in [0.29, 0.717) is 18.5 Å². The van der Waals surface area contributed by atoms with Crippen LogP contribution in [0.2, 0.25) is 0 Å². The van der Waals surface area contributed by atoms with Crippen molar-refractivity contribution in [3.8, 4) is 5.75 Å². The summed E-state index contributed by atoms with van der Waals surface area (Å²) in [5.41, 5.74) is 5.92. The lowest BCUT2D eigenvalue weighted by molar-refractivity contribution is -0.136. The maximum atomic E-state index is 13.7. The number of likely N-dealkylation sites (tertiary alicyclic amines) is 1. The number of hydrogen-bond acceptors (Lipinski definition) is 3. The van der Waals surface area contributed by atoms with Gasteiger partial charge in [-0.05, 0) is 37.5 Å². The zero-order valence-electron chi connectivity index (χ0n) is 12.8. The molecule has 1 aliphatic heterocycles. The molecule has 0 unspecified atom stereocenters. The first-order valence-electron chi connectivity index (χ1n) is 7.33. The molecule has 0 aliphatic carbocycles. The lowest BCUT2D eigenvalue weighted by Gasteiger charge is -2.37. The highest BCUT2D eigenvalue weighted by molar-refractivity contribution is 5.81. The van der Waals surface area contributed by atoms with E-state index >= 15 is 0 Å². The van der Waals surface area contributed by atoms with Gasteiger partial charge in [-0.3, -0.25) is 9.59 Å². The van der Waals surface area contributed by atoms with Gasteiger partial charge in [-0.1, -0.05) is 6.07 Å². The molecule has 1 saturated heterocycles. The Morgan fingerprint density at radius 1 is 1.41 bits per heavy atom. The number of nitrogens with two attached hydrogens (primary N) is 1. The first-order valence-corrected chi connectivity index (χ1v) is 7.33. The van der Waals surface area contributed by atoms with Gasteiger partial charge < -0.3 is 15.4 Å². The van der Waals surface area contributed by atoms with Gasteiger partial charge in [0, 0.05) is 12.6 Å². The van der Waals surface area contributed by atoms with Crippen LogP contribution >= 0.6 is 0 Å². The largest absolute Gasteiger partial charge is 0.494 e. The molecule has 0 bridgehead atoms. The number of ether oxygens (including phenoxy) is 1. The fraction of sp³-hybridized carbons (Fsp3) is 0.500. The summed E-state index contributed by atoms with van der Waals surface area (Å²) >= 11 is 0. The van der Waals surface area contributed by atoms with E-state index < -0.39 is 5.82 Å². The van der Waals surface area contributed by atoms with Crippen molar-refractivity contribution in [3.63, 3.8) is 0 Å². The van der Waals surface area contributed by atoms with Crippen LogP contribution in [0.15, 0.2) is 18.2 Å². The van der Waals surface area contributed by atoms with Gasteiger partial charge in [0.1, 0.15) is 0 Å². The third kappa shape index (κ3) is 3.55. The summed E-state index contributed by atoms with van der Waals surface area (Å²) in [6.07, 6.45) is 1.55. The number of piperidine rings is 1. The molecular formula is C16H21FN2O3. The van der Waals surface area contributed by atoms with Gasteiger partial charge in [0.15, 0.2) is 11.6 Å². The average Bonchev–Trinajstić information content (AvgIpc) is 2.47. The highest BCUT2D eigenvalue weighted by Gasteiger charge is 2.31. The van der Waals surface area contributed by atoms with E-state index in [1.165, 1.54) is 19.2 Å². The van der Waals surface area contributed by atoms with Crippen molar-refractivity contribution < 1.29 is 18.7 Å². The van der Waals surface area contributed by atoms with Crippen LogP contribution in [-0.4, -0.2) is 36.4 Å². The molecule has 1 aliphatic rings. The molecule has 0 aromatic heterocycles. The summed E-state index contributed by atoms with van der Waals surface area (Å²) < 4.78 is 18.5. The maximum Gasteiger partial charge on any atom is 0.227 e. The van der Waals surface area contributed by atoms with Crippen LogP contribution in [0.3, 0.4) is 0 Å². The van der Waals surface area contributed by atoms with Crippen molar-refractivity contribution in [1.29, 1.82) is 0 Å². The molecule has 1 aromatic rings. The van der Waals surface area contributed by atoms with Gasteiger partial charge in [-0.25, -0.2) is 4.39 Å². The second-order valence-corrected chi connectivity index (χ2v) is 5.72. The van der Waals surface area contributed by atoms with Crippen LogP contribution in [0.4, 0.5) is 4.39 Å². The SMILES string of the molecule is COc1ccc(CC(=O)N2C[C@@H](C(N)=O)CC[C@@H]2C)cc1F. The van der Waals surface area contributed by atoms with E-state index in [4.69, 9.17) is 10.5 Å². The number of carbonyl (C=O) groups excluding carboxylic acids is 2. The van der Waals surface area contributed by atoms with Crippen LogP contribution in [0.25, 0.3) is 0 Å². The number of rotatable bonds is 4. The van der Waals surface area contributed by atoms with Crippen LogP contribution < -0.4 is 10.5 Å². The van der Waals surface area contributed by atoms with Crippen LogP contribution in [-0.2, 0) is 16.0 Å². The summed E-state index contributed by atoms with van der Waals surface area (Å²) in [5, 5.41) is 0. The highest BCUT2D eigenvalue weighted by Crippen LogP contribution is 2.23. The molecule has 0 saturated carbocycles. The number of carbonyl (C=O) groups is 2. The summed E-state index contributed by atoms with van der Waals surface area (Å²) in [7, 11) is 1.39. The first-order chi connectivity index (χ1) is 10.4. The van der Waals surface area contributed by atoms with E-state index in [0.717, 1.165) is 6.42 Å². The van der Waals surface area contributed by atoms with E-state index in [1.807, 2.05) is 6.92 Å². The Morgan fingerprint density at radius 2 is 2.14 bits per heavy atom. The molecule has 22 heavy (non-hydrogen) atoms. The summed E-state index contributed by atoms with van der Waals surface area (Å²) in [4.78, 5) is 25.4. The monoisotopic (exact) mass is 308 g/mol. The zero-order chi connectivity index (χ0) is 16.3. The topological polar surface area (TPSA) is 72.6 Å². The lowest BCUT2D eigenvalue weighted by atomic mass is 9.92. The second-order valence-electron chi connectivity index (χ2n) is 5.72. The fourth-order valence-electron chi connectivity index (χ4n) is 2.78. The van der Waals surface area contributed by atoms with E-state index in [2.05, 4.69) is 0 Å². The predicted octanol–water partition coefficient (Wildman–Crippen LogP) is 1.49. The minimum Gasteiger partial charge on any atom is -0.494 e. The molecule has 2 amide bonds. The van der Waals surface area contributed by atoms with Crippen molar-refractivity contribution in [3.05, 3.63) is 29.6 Å². The molecule has 0 spiro atoms. The van der Waals surface area contributed by atoms with Crippen molar-refractivity contribution >= 4 is 11.8 Å². The third-order valence-electron chi connectivity index (χ3n) is 4.18. The third-order valence-corrected chi connectivity index (χ3v) is 4.18. The molecule has 6 heteroatoms. The Morgan fingerprint density at radius 3 is 2.73 bits per heavy atom. The second kappa shape index (κ2) is 6.77. The Bertz CT molecular complexity index is 577. The number of primary amides is 1. The summed E-state index contributed by atoms with van der Waals surface area (Å²) in [5.74, 6) is -1.14. The molecule has 1 aromatic carbocycles. The molecule has 2 rings (SSSR count). The van der Waals surface area contributed by atoms with E-state index in [1.54, 1.807) is 11.0 Å². The smallest absolute Gasteiger partial charge is 0.227 e. The molecular weight excluding hydrogens is 287 g/mol. The Labute approximate surface area is 129 Å².